The van der Waals surface area contributed by atoms with Gasteiger partial charge in [-0.15, -0.1) is 0 Å². The van der Waals surface area contributed by atoms with Gasteiger partial charge in [0.25, 0.3) is 10.0 Å². The van der Waals surface area contributed by atoms with Gasteiger partial charge in [-0.25, -0.2) is 8.42 Å². The number of sulfonamides is 1. The van der Waals surface area contributed by atoms with Crippen LogP contribution in [0.3, 0.4) is 0 Å². The van der Waals surface area contributed by atoms with Gasteiger partial charge in [-0.1, -0.05) is 6.92 Å². The summed E-state index contributed by atoms with van der Waals surface area (Å²) in [6, 6.07) is 4.33. The molecule has 0 radical (unpaired) electrons. The van der Waals surface area contributed by atoms with Crippen LogP contribution >= 0.6 is 0 Å². The molecule has 1 aromatic carbocycles. The van der Waals surface area contributed by atoms with Crippen LogP contribution in [0.2, 0.25) is 0 Å². The lowest BCUT2D eigenvalue weighted by Gasteiger charge is -2.10. The number of methoxy groups -OCH3 is 1. The largest absolute Gasteiger partial charge is 0.495 e. The Balaban J connectivity index is 2.36. The lowest BCUT2D eigenvalue weighted by atomic mass is 10.3. The summed E-state index contributed by atoms with van der Waals surface area (Å²) in [5, 5.41) is 4.20. The van der Waals surface area contributed by atoms with Crippen molar-refractivity contribution in [3.05, 3.63) is 30.1 Å². The van der Waals surface area contributed by atoms with Gasteiger partial charge < -0.3 is 10.5 Å². The zero-order chi connectivity index (χ0) is 15.6. The number of aromatic nitrogens is 2. The molecule has 1 aromatic heterocycles. The van der Waals surface area contributed by atoms with Crippen molar-refractivity contribution in [2.75, 3.05) is 17.6 Å². The molecule has 0 fully saturated rings. The van der Waals surface area contributed by atoms with Gasteiger partial charge in [-0.3, -0.25) is 9.40 Å². The quantitative estimate of drug-likeness (QED) is 0.813. The highest BCUT2D eigenvalue weighted by Crippen LogP contribution is 2.26. The van der Waals surface area contributed by atoms with Crippen molar-refractivity contribution in [2.45, 2.75) is 18.2 Å². The second-order valence-electron chi connectivity index (χ2n) is 4.53. The number of anilines is 2. The maximum atomic E-state index is 12.4. The molecule has 8 heteroatoms. The number of aryl methyl sites for hydroxylation is 2. The smallest absolute Gasteiger partial charge is 0.262 e. The first kappa shape index (κ1) is 15.2. The van der Waals surface area contributed by atoms with E-state index >= 15 is 0 Å². The maximum absolute atomic E-state index is 12.4. The van der Waals surface area contributed by atoms with E-state index in [1.165, 1.54) is 25.3 Å². The summed E-state index contributed by atoms with van der Waals surface area (Å²) in [6.07, 6.45) is 2.26. The molecule has 1 heterocycles. The highest BCUT2D eigenvalue weighted by Gasteiger charge is 2.18. The molecule has 0 saturated heterocycles. The van der Waals surface area contributed by atoms with Gasteiger partial charge in [-0.05, 0) is 24.6 Å². The van der Waals surface area contributed by atoms with Crippen molar-refractivity contribution >= 4 is 21.4 Å². The fourth-order valence-electron chi connectivity index (χ4n) is 1.96. The standard InChI is InChI=1S/C13H18N4O3S/c1-4-11-12(8-17(2)15-11)16-21(18,19)9-5-6-13(20-3)10(14)7-9/h5-8,16H,4,14H2,1-3H3. The monoisotopic (exact) mass is 310 g/mol. The van der Waals surface area contributed by atoms with Crippen LogP contribution in [0.15, 0.2) is 29.3 Å². The molecule has 0 amide bonds. The van der Waals surface area contributed by atoms with Gasteiger partial charge in [0.15, 0.2) is 0 Å². The second kappa shape index (κ2) is 5.65. The molecule has 0 atom stereocenters. The minimum absolute atomic E-state index is 0.0757. The number of nitrogens with one attached hydrogen (secondary N) is 1. The number of nitrogens with zero attached hydrogens (tertiary/aromatic N) is 2. The van der Waals surface area contributed by atoms with E-state index < -0.39 is 10.0 Å². The summed E-state index contributed by atoms with van der Waals surface area (Å²) in [6.45, 7) is 1.91. The van der Waals surface area contributed by atoms with Crippen LogP contribution in [0.25, 0.3) is 0 Å². The molecule has 21 heavy (non-hydrogen) atoms. The van der Waals surface area contributed by atoms with E-state index in [1.807, 2.05) is 6.92 Å². The number of hydrogen-bond donors (Lipinski definition) is 2. The van der Waals surface area contributed by atoms with Crippen molar-refractivity contribution in [1.29, 1.82) is 0 Å². The van der Waals surface area contributed by atoms with Gasteiger partial charge >= 0.3 is 0 Å². The summed E-state index contributed by atoms with van der Waals surface area (Å²) < 4.78 is 33.9. The Bertz CT molecular complexity index is 753. The normalized spacial score (nSPS) is 11.4. The minimum atomic E-state index is -3.72. The van der Waals surface area contributed by atoms with Crippen molar-refractivity contribution in [1.82, 2.24) is 9.78 Å². The zero-order valence-electron chi connectivity index (χ0n) is 12.1. The number of nitrogen functional groups attached to an aromatic ring is 1. The van der Waals surface area contributed by atoms with Crippen LogP contribution in [0, 0.1) is 0 Å². The van der Waals surface area contributed by atoms with Crippen LogP contribution in [0.4, 0.5) is 11.4 Å². The Kier molecular flexibility index (Phi) is 4.08. The Hall–Kier alpha value is -2.22. The Morgan fingerprint density at radius 1 is 1.43 bits per heavy atom. The number of nitrogens with two attached hydrogens (primary N) is 1. The lowest BCUT2D eigenvalue weighted by Crippen LogP contribution is -2.14. The first-order valence-electron chi connectivity index (χ1n) is 6.36. The topological polar surface area (TPSA) is 99.2 Å². The number of benzene rings is 1. The first-order chi connectivity index (χ1) is 9.87. The molecule has 3 N–H and O–H groups in total. The summed E-state index contributed by atoms with van der Waals surface area (Å²) in [5.41, 5.74) is 7.16. The molecule has 2 aromatic rings. The summed E-state index contributed by atoms with van der Waals surface area (Å²) >= 11 is 0. The van der Waals surface area contributed by atoms with Gasteiger partial charge in [0, 0.05) is 13.2 Å². The first-order valence-corrected chi connectivity index (χ1v) is 7.84. The molecule has 0 saturated carbocycles. The molecular weight excluding hydrogens is 292 g/mol. The van der Waals surface area contributed by atoms with Gasteiger partial charge in [0.2, 0.25) is 0 Å². The molecule has 0 aliphatic carbocycles. The van der Waals surface area contributed by atoms with Crippen LogP contribution in [0.5, 0.6) is 5.75 Å². The molecule has 0 aliphatic rings. The average Bonchev–Trinajstić information content (AvgIpc) is 2.77. The van der Waals surface area contributed by atoms with E-state index in [9.17, 15) is 8.42 Å². The van der Waals surface area contributed by atoms with E-state index in [1.54, 1.807) is 17.9 Å². The Morgan fingerprint density at radius 2 is 2.14 bits per heavy atom. The highest BCUT2D eigenvalue weighted by atomic mass is 32.2. The van der Waals surface area contributed by atoms with Crippen molar-refractivity contribution < 1.29 is 13.2 Å². The molecule has 0 aliphatic heterocycles. The third-order valence-electron chi connectivity index (χ3n) is 3.00. The fraction of sp³-hybridized carbons (Fsp3) is 0.308. The Morgan fingerprint density at radius 3 is 2.71 bits per heavy atom. The molecule has 2 rings (SSSR count). The second-order valence-corrected chi connectivity index (χ2v) is 6.21. The minimum Gasteiger partial charge on any atom is -0.495 e. The van der Waals surface area contributed by atoms with Gasteiger partial charge in [0.1, 0.15) is 5.75 Å². The van der Waals surface area contributed by atoms with E-state index in [4.69, 9.17) is 10.5 Å². The van der Waals surface area contributed by atoms with E-state index in [2.05, 4.69) is 9.82 Å². The molecule has 0 spiro atoms. The number of hydrogen-bond acceptors (Lipinski definition) is 5. The molecule has 0 unspecified atom stereocenters. The van der Waals surface area contributed by atoms with E-state index in [-0.39, 0.29) is 10.6 Å². The predicted octanol–water partition coefficient (Wildman–Crippen LogP) is 1.37. The van der Waals surface area contributed by atoms with Crippen LogP contribution in [0.1, 0.15) is 12.6 Å². The lowest BCUT2D eigenvalue weighted by molar-refractivity contribution is 0.416. The van der Waals surface area contributed by atoms with Crippen molar-refractivity contribution in [2.24, 2.45) is 7.05 Å². The van der Waals surface area contributed by atoms with Crippen molar-refractivity contribution in [3.63, 3.8) is 0 Å². The molecule has 7 nitrogen and oxygen atoms in total. The van der Waals surface area contributed by atoms with Crippen LogP contribution in [-0.2, 0) is 23.5 Å². The summed E-state index contributed by atoms with van der Waals surface area (Å²) in [4.78, 5) is 0.0757. The molecule has 114 valence electrons. The summed E-state index contributed by atoms with van der Waals surface area (Å²) in [5.74, 6) is 0.435. The SMILES string of the molecule is CCc1nn(C)cc1NS(=O)(=O)c1ccc(OC)c(N)c1. The predicted molar refractivity (Wildman–Crippen MR) is 80.8 cm³/mol. The van der Waals surface area contributed by atoms with Crippen LogP contribution in [-0.4, -0.2) is 25.3 Å². The average molecular weight is 310 g/mol. The van der Waals surface area contributed by atoms with Gasteiger partial charge in [-0.2, -0.15) is 5.10 Å². The van der Waals surface area contributed by atoms with Gasteiger partial charge in [0.05, 0.1) is 29.1 Å². The fourth-order valence-corrected chi connectivity index (χ4v) is 3.07. The highest BCUT2D eigenvalue weighted by molar-refractivity contribution is 7.92. The number of rotatable bonds is 5. The van der Waals surface area contributed by atoms with E-state index in [0.717, 1.165) is 0 Å². The third-order valence-corrected chi connectivity index (χ3v) is 4.36. The van der Waals surface area contributed by atoms with E-state index in [0.29, 0.717) is 23.6 Å². The van der Waals surface area contributed by atoms with Crippen LogP contribution < -0.4 is 15.2 Å². The summed E-state index contributed by atoms with van der Waals surface area (Å²) in [7, 11) is -0.507. The third kappa shape index (κ3) is 3.10. The molecule has 0 bridgehead atoms. The Labute approximate surface area is 123 Å². The number of ether oxygens (including phenoxy) is 1. The molecular formula is C13H18N4O3S. The van der Waals surface area contributed by atoms with Crippen molar-refractivity contribution in [3.8, 4) is 5.75 Å². The zero-order valence-corrected chi connectivity index (χ0v) is 12.9. The maximum Gasteiger partial charge on any atom is 0.262 e.